The number of methoxy groups -OCH3 is 1. The van der Waals surface area contributed by atoms with Crippen LogP contribution in [-0.2, 0) is 19.4 Å². The van der Waals surface area contributed by atoms with Crippen molar-refractivity contribution in [1.82, 2.24) is 10.2 Å². The smallest absolute Gasteiger partial charge is 0.266 e. The van der Waals surface area contributed by atoms with E-state index in [1.165, 1.54) is 16.7 Å². The Morgan fingerprint density at radius 3 is 2.72 bits per heavy atom. The molecule has 1 aromatic carbocycles. The van der Waals surface area contributed by atoms with Gasteiger partial charge in [-0.3, -0.25) is 14.5 Å². The Morgan fingerprint density at radius 2 is 2.10 bits per heavy atom. The third-order valence-corrected chi connectivity index (χ3v) is 7.82. The van der Waals surface area contributed by atoms with E-state index in [2.05, 4.69) is 5.32 Å². The number of rotatable bonds is 7. The minimum Gasteiger partial charge on any atom is -0.497 e. The summed E-state index contributed by atoms with van der Waals surface area (Å²) in [4.78, 5) is 26.7. The van der Waals surface area contributed by atoms with Gasteiger partial charge in [-0.15, -0.1) is 0 Å². The molecule has 0 bridgehead atoms. The summed E-state index contributed by atoms with van der Waals surface area (Å²) >= 11 is 6.55. The van der Waals surface area contributed by atoms with Crippen LogP contribution in [0.4, 0.5) is 0 Å². The van der Waals surface area contributed by atoms with E-state index in [0.717, 1.165) is 11.3 Å². The van der Waals surface area contributed by atoms with Crippen molar-refractivity contribution in [2.45, 2.75) is 25.3 Å². The molecule has 7 nitrogen and oxygen atoms in total. The van der Waals surface area contributed by atoms with Gasteiger partial charge in [0.1, 0.15) is 10.1 Å². The van der Waals surface area contributed by atoms with E-state index in [1.54, 1.807) is 13.2 Å². The van der Waals surface area contributed by atoms with Crippen molar-refractivity contribution in [3.8, 4) is 5.75 Å². The van der Waals surface area contributed by atoms with Crippen molar-refractivity contribution < 1.29 is 22.7 Å². The minimum atomic E-state index is -3.03. The van der Waals surface area contributed by atoms with Crippen LogP contribution in [0.3, 0.4) is 0 Å². The number of hydrogen-bond acceptors (Lipinski definition) is 7. The van der Waals surface area contributed by atoms with Crippen LogP contribution in [0, 0.1) is 0 Å². The van der Waals surface area contributed by atoms with Crippen LogP contribution in [0.25, 0.3) is 6.08 Å². The molecule has 1 N–H and O–H groups in total. The SMILES string of the molecule is COc1ccc(/C=C2\SC(=S)N(CCCC(=O)N[C@H]3CCS(=O)(=O)C3)C2=O)cc1. The van der Waals surface area contributed by atoms with E-state index in [4.69, 9.17) is 17.0 Å². The number of carbonyl (C=O) groups excluding carboxylic acids is 2. The molecule has 2 aliphatic heterocycles. The van der Waals surface area contributed by atoms with Gasteiger partial charge in [0.25, 0.3) is 5.91 Å². The molecule has 2 saturated heterocycles. The third-order valence-electron chi connectivity index (χ3n) is 4.67. The summed E-state index contributed by atoms with van der Waals surface area (Å²) in [6, 6.07) is 7.05. The summed E-state index contributed by atoms with van der Waals surface area (Å²) in [7, 11) is -1.43. The van der Waals surface area contributed by atoms with Crippen LogP contribution in [0.15, 0.2) is 29.2 Å². The van der Waals surface area contributed by atoms with Crippen molar-refractivity contribution in [1.29, 1.82) is 0 Å². The predicted molar refractivity (Wildman–Crippen MR) is 117 cm³/mol. The number of nitrogens with one attached hydrogen (secondary N) is 1. The molecule has 3 rings (SSSR count). The maximum Gasteiger partial charge on any atom is 0.266 e. The van der Waals surface area contributed by atoms with Crippen LogP contribution >= 0.6 is 24.0 Å². The molecule has 2 fully saturated rings. The van der Waals surface area contributed by atoms with Crippen molar-refractivity contribution in [3.05, 3.63) is 34.7 Å². The maximum absolute atomic E-state index is 12.6. The topological polar surface area (TPSA) is 92.8 Å². The first kappa shape index (κ1) is 21.8. The van der Waals surface area contributed by atoms with Crippen LogP contribution in [0.2, 0.25) is 0 Å². The Bertz CT molecular complexity index is 941. The number of hydrogen-bond donors (Lipinski definition) is 1. The van der Waals surface area contributed by atoms with Crippen molar-refractivity contribution >= 4 is 56.0 Å². The van der Waals surface area contributed by atoms with Gasteiger partial charge in [0, 0.05) is 19.0 Å². The summed E-state index contributed by atoms with van der Waals surface area (Å²) in [6.07, 6.45) is 2.91. The van der Waals surface area contributed by atoms with Gasteiger partial charge in [0.05, 0.1) is 23.5 Å². The molecule has 1 atom stereocenters. The Labute approximate surface area is 179 Å². The Morgan fingerprint density at radius 1 is 1.38 bits per heavy atom. The molecular weight excluding hydrogens is 432 g/mol. The van der Waals surface area contributed by atoms with Crippen molar-refractivity contribution in [2.75, 3.05) is 25.2 Å². The molecule has 0 radical (unpaired) electrons. The lowest BCUT2D eigenvalue weighted by molar-refractivity contribution is -0.124. The summed E-state index contributed by atoms with van der Waals surface area (Å²) in [6.45, 7) is 0.348. The lowest BCUT2D eigenvalue weighted by Crippen LogP contribution is -2.36. The normalized spacial score (nSPS) is 22.3. The van der Waals surface area contributed by atoms with Gasteiger partial charge < -0.3 is 10.1 Å². The van der Waals surface area contributed by atoms with E-state index in [9.17, 15) is 18.0 Å². The van der Waals surface area contributed by atoms with E-state index >= 15 is 0 Å². The molecule has 0 aliphatic carbocycles. The molecule has 0 unspecified atom stereocenters. The minimum absolute atomic E-state index is 0.00356. The highest BCUT2D eigenvalue weighted by Gasteiger charge is 2.32. The second kappa shape index (κ2) is 9.27. The highest BCUT2D eigenvalue weighted by atomic mass is 32.2. The number of benzene rings is 1. The van der Waals surface area contributed by atoms with Gasteiger partial charge in [-0.1, -0.05) is 36.1 Å². The lowest BCUT2D eigenvalue weighted by Gasteiger charge is -2.15. The molecule has 2 heterocycles. The number of ether oxygens (including phenoxy) is 1. The fourth-order valence-electron chi connectivity index (χ4n) is 3.15. The zero-order chi connectivity index (χ0) is 21.0. The fraction of sp³-hybridized carbons (Fsp3) is 0.421. The first-order chi connectivity index (χ1) is 13.8. The van der Waals surface area contributed by atoms with E-state index < -0.39 is 9.84 Å². The second-order valence-electron chi connectivity index (χ2n) is 6.88. The molecule has 0 saturated carbocycles. The Kier molecular flexibility index (Phi) is 6.97. The molecule has 2 amide bonds. The number of carbonyl (C=O) groups is 2. The number of thiocarbonyl (C=S) groups is 1. The molecule has 29 heavy (non-hydrogen) atoms. The summed E-state index contributed by atoms with van der Waals surface area (Å²) in [5.41, 5.74) is 0.872. The summed E-state index contributed by atoms with van der Waals surface area (Å²) in [5.74, 6) is 0.492. The van der Waals surface area contributed by atoms with Crippen LogP contribution < -0.4 is 10.1 Å². The molecule has 156 valence electrons. The monoisotopic (exact) mass is 454 g/mol. The predicted octanol–water partition coefficient (Wildman–Crippen LogP) is 1.98. The van der Waals surface area contributed by atoms with Gasteiger partial charge in [0.15, 0.2) is 9.84 Å². The molecule has 10 heteroatoms. The van der Waals surface area contributed by atoms with Gasteiger partial charge in [-0.2, -0.15) is 0 Å². The molecule has 1 aromatic rings. The summed E-state index contributed by atoms with van der Waals surface area (Å²) in [5, 5.41) is 2.75. The Balaban J connectivity index is 1.49. The standard InChI is InChI=1S/C19H22N2O5S3/c1-26-15-6-4-13(5-7-15)11-16-18(23)21(19(27)28-16)9-2-3-17(22)20-14-8-10-29(24,25)12-14/h4-7,11,14H,2-3,8-10,12H2,1H3,(H,20,22)/b16-11-/t14-/m0/s1. The molecule has 0 aromatic heterocycles. The van der Waals surface area contributed by atoms with Crippen molar-refractivity contribution in [3.63, 3.8) is 0 Å². The van der Waals surface area contributed by atoms with Gasteiger partial charge in [-0.05, 0) is 36.6 Å². The number of nitrogens with zero attached hydrogens (tertiary/aromatic N) is 1. The molecule has 0 spiro atoms. The van der Waals surface area contributed by atoms with E-state index in [-0.39, 0.29) is 35.8 Å². The molecule has 2 aliphatic rings. The van der Waals surface area contributed by atoms with Crippen molar-refractivity contribution in [2.24, 2.45) is 0 Å². The lowest BCUT2D eigenvalue weighted by atomic mass is 10.2. The zero-order valence-electron chi connectivity index (χ0n) is 15.9. The highest BCUT2D eigenvalue weighted by molar-refractivity contribution is 8.26. The number of amides is 2. The Hall–Kier alpha value is -1.91. The average Bonchev–Trinajstić information content (AvgIpc) is 3.15. The fourth-order valence-corrected chi connectivity index (χ4v) is 6.13. The zero-order valence-corrected chi connectivity index (χ0v) is 18.4. The quantitative estimate of drug-likeness (QED) is 0.497. The number of sulfone groups is 1. The third kappa shape index (κ3) is 5.80. The van der Waals surface area contributed by atoms with Crippen LogP contribution in [0.5, 0.6) is 5.75 Å². The molecular formula is C19H22N2O5S3. The van der Waals surface area contributed by atoms with Gasteiger partial charge >= 0.3 is 0 Å². The highest BCUT2D eigenvalue weighted by Crippen LogP contribution is 2.33. The largest absolute Gasteiger partial charge is 0.497 e. The van der Waals surface area contributed by atoms with E-state index in [0.29, 0.717) is 28.6 Å². The van der Waals surface area contributed by atoms with Gasteiger partial charge in [-0.25, -0.2) is 8.42 Å². The first-order valence-electron chi connectivity index (χ1n) is 9.16. The van der Waals surface area contributed by atoms with Crippen LogP contribution in [-0.4, -0.2) is 60.7 Å². The second-order valence-corrected chi connectivity index (χ2v) is 10.8. The summed E-state index contributed by atoms with van der Waals surface area (Å²) < 4.78 is 28.5. The number of thioether (sulfide) groups is 1. The first-order valence-corrected chi connectivity index (χ1v) is 12.2. The van der Waals surface area contributed by atoms with Gasteiger partial charge in [0.2, 0.25) is 5.91 Å². The van der Waals surface area contributed by atoms with E-state index in [1.807, 2.05) is 24.3 Å². The average molecular weight is 455 g/mol. The maximum atomic E-state index is 12.6. The van der Waals surface area contributed by atoms with Crippen LogP contribution in [0.1, 0.15) is 24.8 Å².